The van der Waals surface area contributed by atoms with Crippen LogP contribution in [0.3, 0.4) is 0 Å². The SMILES string of the molecule is CC(=O)N1c2ccc(NC(C#N)=C(C#N)C#N)cc2CC1C. The van der Waals surface area contributed by atoms with E-state index in [1.165, 1.54) is 6.92 Å². The van der Waals surface area contributed by atoms with Gasteiger partial charge in [-0.1, -0.05) is 0 Å². The van der Waals surface area contributed by atoms with E-state index in [9.17, 15) is 4.79 Å². The highest BCUT2D eigenvalue weighted by Gasteiger charge is 2.28. The third-order valence-corrected chi connectivity index (χ3v) is 3.49. The molecular formula is C16H13N5O. The van der Waals surface area contributed by atoms with Crippen LogP contribution < -0.4 is 10.2 Å². The van der Waals surface area contributed by atoms with Gasteiger partial charge in [-0.2, -0.15) is 15.8 Å². The molecule has 1 aliphatic rings. The van der Waals surface area contributed by atoms with Crippen molar-refractivity contribution in [1.82, 2.24) is 0 Å². The minimum atomic E-state index is -0.262. The number of nitrogens with one attached hydrogen (secondary N) is 1. The van der Waals surface area contributed by atoms with Crippen LogP contribution in [0.5, 0.6) is 0 Å². The average molecular weight is 291 g/mol. The Bertz CT molecular complexity index is 772. The standard InChI is InChI=1S/C16H13N5O/c1-10-5-12-6-14(3-4-16(12)21(10)11(2)22)20-15(9-19)13(7-17)8-18/h3-4,6,10,20H,5H2,1-2H3. The van der Waals surface area contributed by atoms with Crippen molar-refractivity contribution in [1.29, 1.82) is 15.8 Å². The highest BCUT2D eigenvalue weighted by atomic mass is 16.2. The molecule has 1 amide bonds. The normalized spacial score (nSPS) is 15.0. The summed E-state index contributed by atoms with van der Waals surface area (Å²) >= 11 is 0. The summed E-state index contributed by atoms with van der Waals surface area (Å²) in [5.41, 5.74) is 2.10. The van der Waals surface area contributed by atoms with Crippen LogP contribution in [0.15, 0.2) is 29.5 Å². The van der Waals surface area contributed by atoms with Crippen molar-refractivity contribution in [2.75, 3.05) is 10.2 Å². The van der Waals surface area contributed by atoms with Gasteiger partial charge in [0.05, 0.1) is 0 Å². The first-order chi connectivity index (χ1) is 10.5. The first-order valence-corrected chi connectivity index (χ1v) is 6.66. The fourth-order valence-corrected chi connectivity index (χ4v) is 2.62. The molecule has 1 aromatic rings. The molecule has 1 aromatic carbocycles. The summed E-state index contributed by atoms with van der Waals surface area (Å²) < 4.78 is 0. The molecule has 0 saturated carbocycles. The summed E-state index contributed by atoms with van der Waals surface area (Å²) in [7, 11) is 0. The second kappa shape index (κ2) is 5.99. The molecule has 22 heavy (non-hydrogen) atoms. The fraction of sp³-hybridized carbons (Fsp3) is 0.250. The number of fused-ring (bicyclic) bond motifs is 1. The van der Waals surface area contributed by atoms with Crippen LogP contribution in [0.2, 0.25) is 0 Å². The van der Waals surface area contributed by atoms with Gasteiger partial charge in [-0.3, -0.25) is 4.79 Å². The molecular weight excluding hydrogens is 278 g/mol. The predicted molar refractivity (Wildman–Crippen MR) is 80.3 cm³/mol. The van der Waals surface area contributed by atoms with Crippen LogP contribution >= 0.6 is 0 Å². The zero-order chi connectivity index (χ0) is 16.3. The van der Waals surface area contributed by atoms with Crippen molar-refractivity contribution < 1.29 is 4.79 Å². The van der Waals surface area contributed by atoms with Gasteiger partial charge in [-0.25, -0.2) is 0 Å². The molecule has 0 aromatic heterocycles. The van der Waals surface area contributed by atoms with E-state index in [-0.39, 0.29) is 23.2 Å². The van der Waals surface area contributed by atoms with Gasteiger partial charge in [-0.05, 0) is 37.1 Å². The van der Waals surface area contributed by atoms with Crippen molar-refractivity contribution in [2.24, 2.45) is 0 Å². The Morgan fingerprint density at radius 1 is 1.27 bits per heavy atom. The van der Waals surface area contributed by atoms with Crippen LogP contribution in [0, 0.1) is 34.0 Å². The number of hydrogen-bond donors (Lipinski definition) is 1. The number of carbonyl (C=O) groups is 1. The van der Waals surface area contributed by atoms with E-state index in [0.29, 0.717) is 5.69 Å². The molecule has 0 saturated heterocycles. The minimum Gasteiger partial charge on any atom is -0.345 e. The van der Waals surface area contributed by atoms with E-state index in [2.05, 4.69) is 5.32 Å². The van der Waals surface area contributed by atoms with E-state index in [1.807, 2.05) is 19.1 Å². The molecule has 0 fully saturated rings. The quantitative estimate of drug-likeness (QED) is 0.841. The Hall–Kier alpha value is -3.30. The molecule has 0 bridgehead atoms. The van der Waals surface area contributed by atoms with E-state index >= 15 is 0 Å². The van der Waals surface area contributed by atoms with Crippen LogP contribution in [-0.2, 0) is 11.2 Å². The number of hydrogen-bond acceptors (Lipinski definition) is 5. The molecule has 1 unspecified atom stereocenters. The molecule has 0 radical (unpaired) electrons. The van der Waals surface area contributed by atoms with E-state index < -0.39 is 0 Å². The number of amides is 1. The third kappa shape index (κ3) is 2.61. The lowest BCUT2D eigenvalue weighted by Crippen LogP contribution is -2.33. The van der Waals surface area contributed by atoms with Crippen LogP contribution in [0.4, 0.5) is 11.4 Å². The van der Waals surface area contributed by atoms with Gasteiger partial charge >= 0.3 is 0 Å². The van der Waals surface area contributed by atoms with E-state index in [0.717, 1.165) is 17.7 Å². The molecule has 2 rings (SSSR count). The van der Waals surface area contributed by atoms with Crippen LogP contribution in [-0.4, -0.2) is 11.9 Å². The molecule has 6 nitrogen and oxygen atoms in total. The second-order valence-corrected chi connectivity index (χ2v) is 5.00. The minimum absolute atomic E-state index is 0.0131. The van der Waals surface area contributed by atoms with Crippen molar-refractivity contribution in [3.8, 4) is 18.2 Å². The molecule has 0 spiro atoms. The maximum atomic E-state index is 11.7. The van der Waals surface area contributed by atoms with Gasteiger partial charge in [0.1, 0.15) is 23.9 Å². The average Bonchev–Trinajstić information content (AvgIpc) is 2.82. The summed E-state index contributed by atoms with van der Waals surface area (Å²) in [6.45, 7) is 3.50. The highest BCUT2D eigenvalue weighted by molar-refractivity contribution is 5.94. The van der Waals surface area contributed by atoms with Crippen LogP contribution in [0.1, 0.15) is 19.4 Å². The van der Waals surface area contributed by atoms with Gasteiger partial charge in [0, 0.05) is 24.3 Å². The fourth-order valence-electron chi connectivity index (χ4n) is 2.62. The lowest BCUT2D eigenvalue weighted by Gasteiger charge is -2.20. The number of benzene rings is 1. The topological polar surface area (TPSA) is 104 Å². The Balaban J connectivity index is 2.36. The summed E-state index contributed by atoms with van der Waals surface area (Å²) in [6.07, 6.45) is 0.722. The zero-order valence-corrected chi connectivity index (χ0v) is 12.2. The first-order valence-electron chi connectivity index (χ1n) is 6.66. The van der Waals surface area contributed by atoms with E-state index in [4.69, 9.17) is 15.8 Å². The monoisotopic (exact) mass is 291 g/mol. The molecule has 1 aliphatic heterocycles. The van der Waals surface area contributed by atoms with Gasteiger partial charge in [0.25, 0.3) is 0 Å². The molecule has 1 N–H and O–H groups in total. The third-order valence-electron chi connectivity index (χ3n) is 3.49. The van der Waals surface area contributed by atoms with E-state index in [1.54, 1.807) is 29.2 Å². The van der Waals surface area contributed by atoms with Gasteiger partial charge in [-0.15, -0.1) is 0 Å². The lowest BCUT2D eigenvalue weighted by atomic mass is 10.1. The molecule has 1 heterocycles. The highest BCUT2D eigenvalue weighted by Crippen LogP contribution is 2.34. The number of rotatable bonds is 2. The largest absolute Gasteiger partial charge is 0.345 e. The second-order valence-electron chi connectivity index (χ2n) is 5.00. The van der Waals surface area contributed by atoms with Gasteiger partial charge in [0.2, 0.25) is 5.91 Å². The van der Waals surface area contributed by atoms with Crippen molar-refractivity contribution >= 4 is 17.3 Å². The Kier molecular flexibility index (Phi) is 4.11. The summed E-state index contributed by atoms with van der Waals surface area (Å²) in [6, 6.07) is 10.6. The summed E-state index contributed by atoms with van der Waals surface area (Å²) in [5, 5.41) is 29.5. The molecule has 1 atom stereocenters. The van der Waals surface area contributed by atoms with Crippen molar-refractivity contribution in [2.45, 2.75) is 26.3 Å². The van der Waals surface area contributed by atoms with Crippen LogP contribution in [0.25, 0.3) is 0 Å². The van der Waals surface area contributed by atoms with Crippen molar-refractivity contribution in [3.63, 3.8) is 0 Å². The first kappa shape index (κ1) is 15.1. The number of nitriles is 3. The summed E-state index contributed by atoms with van der Waals surface area (Å²) in [4.78, 5) is 13.4. The van der Waals surface area contributed by atoms with Crippen molar-refractivity contribution in [3.05, 3.63) is 35.0 Å². The summed E-state index contributed by atoms with van der Waals surface area (Å²) in [5.74, 6) is -0.0131. The van der Waals surface area contributed by atoms with Gasteiger partial charge < -0.3 is 10.2 Å². The lowest BCUT2D eigenvalue weighted by molar-refractivity contribution is -0.116. The van der Waals surface area contributed by atoms with Gasteiger partial charge in [0.15, 0.2) is 5.57 Å². The molecule has 0 aliphatic carbocycles. The number of anilines is 2. The Morgan fingerprint density at radius 3 is 2.50 bits per heavy atom. The number of allylic oxidation sites excluding steroid dienone is 2. The number of carbonyl (C=O) groups excluding carboxylic acids is 1. The molecule has 108 valence electrons. The predicted octanol–water partition coefficient (Wildman–Crippen LogP) is 2.22. The maximum Gasteiger partial charge on any atom is 0.224 e. The smallest absolute Gasteiger partial charge is 0.224 e. The maximum absolute atomic E-state index is 11.7. The zero-order valence-electron chi connectivity index (χ0n) is 12.2. The Labute approximate surface area is 128 Å². The Morgan fingerprint density at radius 2 is 1.95 bits per heavy atom. The molecule has 6 heteroatoms. The number of nitrogens with zero attached hydrogens (tertiary/aromatic N) is 4.